The van der Waals surface area contributed by atoms with Crippen LogP contribution in [0.25, 0.3) is 0 Å². The maximum atomic E-state index is 9.39. The lowest BCUT2D eigenvalue weighted by Crippen LogP contribution is -2.26. The zero-order valence-electron chi connectivity index (χ0n) is 11.2. The minimum Gasteiger partial charge on any atom is -0.382 e. The first kappa shape index (κ1) is 14.5. The van der Waals surface area contributed by atoms with E-state index in [4.69, 9.17) is 9.47 Å². The summed E-state index contributed by atoms with van der Waals surface area (Å²) in [5.41, 5.74) is -0.0672. The zero-order chi connectivity index (χ0) is 12.6. The van der Waals surface area contributed by atoms with Crippen LogP contribution in [-0.2, 0) is 9.47 Å². The molecule has 0 amide bonds. The van der Waals surface area contributed by atoms with Gasteiger partial charge in [0.2, 0.25) is 0 Å². The number of nitrogens with zero attached hydrogens (tertiary/aromatic N) is 1. The summed E-state index contributed by atoms with van der Waals surface area (Å²) in [6, 6.07) is 2.57. The van der Waals surface area contributed by atoms with Gasteiger partial charge in [-0.1, -0.05) is 19.8 Å². The quantitative estimate of drug-likeness (QED) is 0.641. The molecule has 0 spiro atoms. The van der Waals surface area contributed by atoms with E-state index in [-0.39, 0.29) is 5.41 Å². The lowest BCUT2D eigenvalue weighted by Gasteiger charge is -2.34. The summed E-state index contributed by atoms with van der Waals surface area (Å²) in [7, 11) is 1.68. The summed E-state index contributed by atoms with van der Waals surface area (Å²) in [6.45, 7) is 4.33. The molecular weight excluding hydrogens is 214 g/mol. The first-order valence-corrected chi connectivity index (χ1v) is 6.70. The van der Waals surface area contributed by atoms with Gasteiger partial charge in [-0.25, -0.2) is 0 Å². The van der Waals surface area contributed by atoms with Crippen LogP contribution in [0.4, 0.5) is 0 Å². The molecule has 1 aliphatic rings. The molecular formula is C14H25NO2. The molecule has 0 saturated heterocycles. The smallest absolute Gasteiger partial charge is 0.0700 e. The fourth-order valence-corrected chi connectivity index (χ4v) is 2.80. The van der Waals surface area contributed by atoms with E-state index in [1.165, 1.54) is 12.8 Å². The molecule has 0 heterocycles. The molecule has 0 N–H and O–H groups in total. The molecule has 1 saturated carbocycles. The SMILES string of the molecule is COCCOCCCC1(C#N)CCCC(C)C1. The minimum absolute atomic E-state index is 0.0672. The van der Waals surface area contributed by atoms with Crippen LogP contribution >= 0.6 is 0 Å². The van der Waals surface area contributed by atoms with Crippen LogP contribution in [0.15, 0.2) is 0 Å². The fraction of sp³-hybridized carbons (Fsp3) is 0.929. The number of rotatable bonds is 7. The van der Waals surface area contributed by atoms with Crippen molar-refractivity contribution in [2.24, 2.45) is 11.3 Å². The predicted molar refractivity (Wildman–Crippen MR) is 67.6 cm³/mol. The Morgan fingerprint density at radius 1 is 1.35 bits per heavy atom. The second-order valence-corrected chi connectivity index (χ2v) is 5.30. The summed E-state index contributed by atoms with van der Waals surface area (Å²) >= 11 is 0. The lowest BCUT2D eigenvalue weighted by atomic mass is 9.69. The number of ether oxygens (including phenoxy) is 2. The first-order chi connectivity index (χ1) is 8.22. The van der Waals surface area contributed by atoms with Crippen molar-refractivity contribution in [3.63, 3.8) is 0 Å². The summed E-state index contributed by atoms with van der Waals surface area (Å²) in [4.78, 5) is 0. The van der Waals surface area contributed by atoms with Crippen LogP contribution < -0.4 is 0 Å². The fourth-order valence-electron chi connectivity index (χ4n) is 2.80. The van der Waals surface area contributed by atoms with Crippen LogP contribution in [0.3, 0.4) is 0 Å². The van der Waals surface area contributed by atoms with E-state index in [0.717, 1.165) is 32.3 Å². The molecule has 2 atom stereocenters. The summed E-state index contributed by atoms with van der Waals surface area (Å²) in [5.74, 6) is 0.706. The topological polar surface area (TPSA) is 42.2 Å². The highest BCUT2D eigenvalue weighted by Gasteiger charge is 2.34. The number of hydrogen-bond acceptors (Lipinski definition) is 3. The second kappa shape index (κ2) is 7.68. The second-order valence-electron chi connectivity index (χ2n) is 5.30. The minimum atomic E-state index is -0.0672. The molecule has 3 heteroatoms. The Labute approximate surface area is 105 Å². The van der Waals surface area contributed by atoms with Gasteiger partial charge in [0, 0.05) is 13.7 Å². The van der Waals surface area contributed by atoms with Crippen molar-refractivity contribution in [2.45, 2.75) is 45.4 Å². The number of methoxy groups -OCH3 is 1. The Hall–Kier alpha value is -0.590. The van der Waals surface area contributed by atoms with Gasteiger partial charge in [0.05, 0.1) is 24.7 Å². The third-order valence-electron chi connectivity index (χ3n) is 3.70. The molecule has 0 aliphatic heterocycles. The third-order valence-corrected chi connectivity index (χ3v) is 3.70. The van der Waals surface area contributed by atoms with Crippen molar-refractivity contribution < 1.29 is 9.47 Å². The van der Waals surface area contributed by atoms with E-state index in [9.17, 15) is 5.26 Å². The molecule has 17 heavy (non-hydrogen) atoms. The van der Waals surface area contributed by atoms with Crippen molar-refractivity contribution in [1.29, 1.82) is 5.26 Å². The Morgan fingerprint density at radius 2 is 2.18 bits per heavy atom. The van der Waals surface area contributed by atoms with Gasteiger partial charge in [0.25, 0.3) is 0 Å². The maximum absolute atomic E-state index is 9.39. The molecule has 0 aromatic carbocycles. The molecule has 0 bridgehead atoms. The molecule has 98 valence electrons. The molecule has 1 rings (SSSR count). The normalized spacial score (nSPS) is 28.9. The van der Waals surface area contributed by atoms with Gasteiger partial charge in [0.15, 0.2) is 0 Å². The largest absolute Gasteiger partial charge is 0.382 e. The van der Waals surface area contributed by atoms with Crippen molar-refractivity contribution in [3.8, 4) is 6.07 Å². The Balaban J connectivity index is 2.20. The third kappa shape index (κ3) is 5.06. The van der Waals surface area contributed by atoms with E-state index in [1.54, 1.807) is 7.11 Å². The van der Waals surface area contributed by atoms with Crippen LogP contribution in [0.1, 0.15) is 45.4 Å². The van der Waals surface area contributed by atoms with Crippen LogP contribution in [0.5, 0.6) is 0 Å². The van der Waals surface area contributed by atoms with E-state index in [1.807, 2.05) is 0 Å². The molecule has 1 fully saturated rings. The molecule has 3 nitrogen and oxygen atoms in total. The molecule has 0 aromatic rings. The average molecular weight is 239 g/mol. The predicted octanol–water partition coefficient (Wildman–Crippen LogP) is 3.15. The van der Waals surface area contributed by atoms with Gasteiger partial charge >= 0.3 is 0 Å². The summed E-state index contributed by atoms with van der Waals surface area (Å²) in [5, 5.41) is 9.39. The Kier molecular flexibility index (Phi) is 6.54. The van der Waals surface area contributed by atoms with E-state index >= 15 is 0 Å². The van der Waals surface area contributed by atoms with Gasteiger partial charge in [0.1, 0.15) is 0 Å². The monoisotopic (exact) mass is 239 g/mol. The van der Waals surface area contributed by atoms with Crippen LogP contribution in [-0.4, -0.2) is 26.9 Å². The van der Waals surface area contributed by atoms with Gasteiger partial charge < -0.3 is 9.47 Å². The number of nitriles is 1. The van der Waals surface area contributed by atoms with Crippen molar-refractivity contribution in [1.82, 2.24) is 0 Å². The zero-order valence-corrected chi connectivity index (χ0v) is 11.2. The van der Waals surface area contributed by atoms with Gasteiger partial charge in [-0.2, -0.15) is 5.26 Å². The number of hydrogen-bond donors (Lipinski definition) is 0. The highest BCUT2D eigenvalue weighted by atomic mass is 16.5. The lowest BCUT2D eigenvalue weighted by molar-refractivity contribution is 0.0626. The maximum Gasteiger partial charge on any atom is 0.0700 e. The van der Waals surface area contributed by atoms with E-state index < -0.39 is 0 Å². The Bertz CT molecular complexity index is 249. The standard InChI is InChI=1S/C14H25NO2/c1-13-5-3-6-14(11-13,12-15)7-4-8-17-10-9-16-2/h13H,3-11H2,1-2H3. The highest BCUT2D eigenvalue weighted by Crippen LogP contribution is 2.42. The summed E-state index contributed by atoms with van der Waals surface area (Å²) in [6.07, 6.45) is 6.62. The van der Waals surface area contributed by atoms with E-state index in [2.05, 4.69) is 13.0 Å². The van der Waals surface area contributed by atoms with Crippen LogP contribution in [0.2, 0.25) is 0 Å². The average Bonchev–Trinajstić information content (AvgIpc) is 2.34. The van der Waals surface area contributed by atoms with Gasteiger partial charge in [-0.3, -0.25) is 0 Å². The van der Waals surface area contributed by atoms with Crippen molar-refractivity contribution in [3.05, 3.63) is 0 Å². The molecule has 2 unspecified atom stereocenters. The summed E-state index contributed by atoms with van der Waals surface area (Å²) < 4.78 is 10.4. The first-order valence-electron chi connectivity index (χ1n) is 6.70. The van der Waals surface area contributed by atoms with Gasteiger partial charge in [-0.15, -0.1) is 0 Å². The van der Waals surface area contributed by atoms with E-state index in [0.29, 0.717) is 19.1 Å². The van der Waals surface area contributed by atoms with Gasteiger partial charge in [-0.05, 0) is 31.6 Å². The van der Waals surface area contributed by atoms with Crippen LogP contribution in [0, 0.1) is 22.7 Å². The Morgan fingerprint density at radius 3 is 2.82 bits per heavy atom. The molecule has 1 aliphatic carbocycles. The highest BCUT2D eigenvalue weighted by molar-refractivity contribution is 5.01. The molecule has 0 radical (unpaired) electrons. The molecule has 0 aromatic heterocycles. The van der Waals surface area contributed by atoms with Crippen molar-refractivity contribution >= 4 is 0 Å². The van der Waals surface area contributed by atoms with Crippen molar-refractivity contribution in [2.75, 3.05) is 26.9 Å².